The lowest BCUT2D eigenvalue weighted by Gasteiger charge is -2.34. The number of fused-ring (bicyclic) bond motifs is 1. The molecule has 0 radical (unpaired) electrons. The van der Waals surface area contributed by atoms with Gasteiger partial charge in [-0.3, -0.25) is 9.69 Å². The van der Waals surface area contributed by atoms with Crippen molar-refractivity contribution in [1.82, 2.24) is 4.90 Å². The summed E-state index contributed by atoms with van der Waals surface area (Å²) in [5.41, 5.74) is 1.16. The van der Waals surface area contributed by atoms with E-state index >= 15 is 0 Å². The van der Waals surface area contributed by atoms with E-state index in [1.54, 1.807) is 30.8 Å². The first-order valence-corrected chi connectivity index (χ1v) is 10.5. The van der Waals surface area contributed by atoms with Gasteiger partial charge >= 0.3 is 0 Å². The van der Waals surface area contributed by atoms with Gasteiger partial charge in [-0.2, -0.15) is 0 Å². The molecule has 0 bridgehead atoms. The van der Waals surface area contributed by atoms with Gasteiger partial charge in [0, 0.05) is 24.1 Å². The van der Waals surface area contributed by atoms with Crippen molar-refractivity contribution in [1.29, 1.82) is 0 Å². The molecule has 0 unspecified atom stereocenters. The summed E-state index contributed by atoms with van der Waals surface area (Å²) in [4.78, 5) is 18.6. The lowest BCUT2D eigenvalue weighted by molar-refractivity contribution is -0.121. The fourth-order valence-corrected chi connectivity index (χ4v) is 6.11. The fourth-order valence-electron chi connectivity index (χ4n) is 3.59. The molecule has 4 nitrogen and oxygen atoms in total. The van der Waals surface area contributed by atoms with Gasteiger partial charge in [0.15, 0.2) is 0 Å². The van der Waals surface area contributed by atoms with Crippen LogP contribution >= 0.6 is 35.7 Å². The molecule has 2 aliphatic heterocycles. The van der Waals surface area contributed by atoms with Crippen LogP contribution in [0.15, 0.2) is 33.0 Å². The second kappa shape index (κ2) is 6.85. The topological polar surface area (TPSA) is 32.8 Å². The maximum Gasteiger partial charge on any atom is 0.268 e. The van der Waals surface area contributed by atoms with Gasteiger partial charge in [-0.25, -0.2) is 0 Å². The molecule has 2 fully saturated rings. The van der Waals surface area contributed by atoms with Crippen LogP contribution in [0.4, 0.5) is 5.69 Å². The number of thiocarbonyl (C=S) groups is 1. The van der Waals surface area contributed by atoms with Crippen LogP contribution in [0, 0.1) is 0 Å². The highest BCUT2D eigenvalue weighted by molar-refractivity contribution is 8.27. The van der Waals surface area contributed by atoms with E-state index < -0.39 is 0 Å². The molecule has 1 aromatic carbocycles. The Morgan fingerprint density at radius 1 is 1.20 bits per heavy atom. The lowest BCUT2D eigenvalue weighted by Crippen LogP contribution is -2.34. The van der Waals surface area contributed by atoms with Crippen LogP contribution in [0.2, 0.25) is 0 Å². The van der Waals surface area contributed by atoms with Crippen LogP contribution in [0.5, 0.6) is 5.75 Å². The predicted molar refractivity (Wildman–Crippen MR) is 108 cm³/mol. The van der Waals surface area contributed by atoms with Crippen molar-refractivity contribution in [3.8, 4) is 5.75 Å². The van der Waals surface area contributed by atoms with E-state index in [9.17, 15) is 4.79 Å². The summed E-state index contributed by atoms with van der Waals surface area (Å²) >= 11 is 8.44. The number of carbonyl (C=O) groups is 1. The third-order valence-corrected chi connectivity index (χ3v) is 7.78. The fraction of sp³-hybridized carbons (Fsp3) is 0.444. The van der Waals surface area contributed by atoms with Gasteiger partial charge in [0.1, 0.15) is 20.0 Å². The zero-order valence-corrected chi connectivity index (χ0v) is 16.7. The summed E-state index contributed by atoms with van der Waals surface area (Å²) in [5.74, 6) is 0.863. The number of anilines is 1. The van der Waals surface area contributed by atoms with E-state index in [0.29, 0.717) is 10.4 Å². The molecule has 1 amide bonds. The first kappa shape index (κ1) is 17.2. The number of benzene rings is 1. The second-order valence-electron chi connectivity index (χ2n) is 6.46. The summed E-state index contributed by atoms with van der Waals surface area (Å²) in [7, 11) is 3.45. The summed E-state index contributed by atoms with van der Waals surface area (Å²) in [6, 6.07) is 6.61. The number of likely N-dealkylation sites (N-methyl/N-ethyl adjacent to an activating group) is 1. The van der Waals surface area contributed by atoms with Crippen molar-refractivity contribution in [2.75, 3.05) is 19.1 Å². The smallest absolute Gasteiger partial charge is 0.268 e. The van der Waals surface area contributed by atoms with Crippen LogP contribution in [-0.2, 0) is 4.79 Å². The van der Waals surface area contributed by atoms with Crippen molar-refractivity contribution in [3.05, 3.63) is 28.1 Å². The van der Waals surface area contributed by atoms with Gasteiger partial charge in [-0.15, -0.1) is 0 Å². The molecule has 1 aliphatic carbocycles. The highest BCUT2D eigenvalue weighted by Crippen LogP contribution is 2.53. The van der Waals surface area contributed by atoms with Crippen LogP contribution < -0.4 is 9.64 Å². The van der Waals surface area contributed by atoms with Gasteiger partial charge in [0.25, 0.3) is 5.91 Å². The predicted octanol–water partition coefficient (Wildman–Crippen LogP) is 4.60. The SMILES string of the molecule is COc1ccc2c(c1)N(C1CCCCC1)/C(=C1/SC(=S)N(C)C1=O)S2. The van der Waals surface area contributed by atoms with E-state index in [4.69, 9.17) is 17.0 Å². The quantitative estimate of drug-likeness (QED) is 0.540. The number of methoxy groups -OCH3 is 1. The molecule has 0 N–H and O–H groups in total. The summed E-state index contributed by atoms with van der Waals surface area (Å²) in [5, 5.41) is 1.04. The monoisotopic (exact) mass is 392 g/mol. The molecule has 1 saturated heterocycles. The zero-order valence-electron chi connectivity index (χ0n) is 14.3. The third kappa shape index (κ3) is 2.96. The average molecular weight is 393 g/mol. The van der Waals surface area contributed by atoms with Crippen LogP contribution in [0.3, 0.4) is 0 Å². The Morgan fingerprint density at radius 2 is 1.96 bits per heavy atom. The average Bonchev–Trinajstić information content (AvgIpc) is 3.14. The molecule has 132 valence electrons. The zero-order chi connectivity index (χ0) is 17.6. The maximum absolute atomic E-state index is 12.7. The molecule has 1 saturated carbocycles. The Labute approximate surface area is 162 Å². The Morgan fingerprint density at radius 3 is 2.60 bits per heavy atom. The van der Waals surface area contributed by atoms with Crippen LogP contribution in [-0.4, -0.2) is 35.3 Å². The highest BCUT2D eigenvalue weighted by atomic mass is 32.2. The van der Waals surface area contributed by atoms with Crippen molar-refractivity contribution in [2.24, 2.45) is 0 Å². The van der Waals surface area contributed by atoms with Gasteiger partial charge in [-0.05, 0) is 25.0 Å². The minimum atomic E-state index is 0.0121. The van der Waals surface area contributed by atoms with E-state index in [0.717, 1.165) is 34.2 Å². The summed E-state index contributed by atoms with van der Waals surface area (Å²) in [6.07, 6.45) is 6.11. The number of nitrogens with zero attached hydrogens (tertiary/aromatic N) is 2. The number of hydrogen-bond donors (Lipinski definition) is 0. The largest absolute Gasteiger partial charge is 0.497 e. The van der Waals surface area contributed by atoms with Crippen molar-refractivity contribution in [2.45, 2.75) is 43.0 Å². The van der Waals surface area contributed by atoms with Gasteiger partial charge in [0.2, 0.25) is 0 Å². The minimum absolute atomic E-state index is 0.0121. The van der Waals surface area contributed by atoms with Gasteiger partial charge < -0.3 is 9.64 Å². The maximum atomic E-state index is 12.7. The van der Waals surface area contributed by atoms with Crippen molar-refractivity contribution >= 4 is 51.7 Å². The van der Waals surface area contributed by atoms with Crippen LogP contribution in [0.25, 0.3) is 0 Å². The summed E-state index contributed by atoms with van der Waals surface area (Å²) < 4.78 is 6.07. The third-order valence-electron chi connectivity index (χ3n) is 4.95. The number of thioether (sulfide) groups is 2. The van der Waals surface area contributed by atoms with Gasteiger partial charge in [0.05, 0.1) is 12.8 Å². The molecule has 0 spiro atoms. The van der Waals surface area contributed by atoms with E-state index in [2.05, 4.69) is 17.0 Å². The first-order chi connectivity index (χ1) is 12.1. The molecule has 0 aromatic heterocycles. The Balaban J connectivity index is 1.81. The van der Waals surface area contributed by atoms with E-state index in [-0.39, 0.29) is 5.91 Å². The highest BCUT2D eigenvalue weighted by Gasteiger charge is 2.40. The molecule has 3 aliphatic rings. The van der Waals surface area contributed by atoms with E-state index in [1.165, 1.54) is 35.9 Å². The molecule has 1 aromatic rings. The lowest BCUT2D eigenvalue weighted by atomic mass is 9.94. The van der Waals surface area contributed by atoms with Crippen molar-refractivity contribution in [3.63, 3.8) is 0 Å². The molecular weight excluding hydrogens is 372 g/mol. The normalized spacial score (nSPS) is 24.2. The van der Waals surface area contributed by atoms with Crippen molar-refractivity contribution < 1.29 is 9.53 Å². The Bertz CT molecular complexity index is 772. The molecule has 0 atom stereocenters. The molecular formula is C18H20N2O2S3. The first-order valence-electron chi connectivity index (χ1n) is 8.49. The number of amides is 1. The molecule has 2 heterocycles. The minimum Gasteiger partial charge on any atom is -0.497 e. The number of ether oxygens (including phenoxy) is 1. The summed E-state index contributed by atoms with van der Waals surface area (Å²) in [6.45, 7) is 0. The Hall–Kier alpha value is -1.18. The van der Waals surface area contributed by atoms with Gasteiger partial charge in [-0.1, -0.05) is 55.0 Å². The van der Waals surface area contributed by atoms with E-state index in [1.807, 2.05) is 6.07 Å². The Kier molecular flexibility index (Phi) is 4.73. The second-order valence-corrected chi connectivity index (χ2v) is 9.14. The molecule has 7 heteroatoms. The molecule has 25 heavy (non-hydrogen) atoms. The van der Waals surface area contributed by atoms with Crippen LogP contribution in [0.1, 0.15) is 32.1 Å². The standard InChI is InChI=1S/C18H20N2O2S3/c1-19-16(21)15(25-18(19)23)17-20(11-6-4-3-5-7-11)13-10-12(22-2)8-9-14(13)24-17/h8-11H,3-7H2,1-2H3/b17-15-. The molecule has 4 rings (SSSR count). The number of hydrogen-bond acceptors (Lipinski definition) is 6. The number of carbonyl (C=O) groups excluding carboxylic acids is 1. The number of rotatable bonds is 2.